The molecular formula is C27H39B2O7PSi. The van der Waals surface area contributed by atoms with E-state index in [9.17, 15) is 15.0 Å². The molecule has 204 valence electrons. The average Bonchev–Trinajstić information content (AvgIpc) is 2.91. The van der Waals surface area contributed by atoms with Crippen LogP contribution in [0, 0.1) is 0 Å². The van der Waals surface area contributed by atoms with Gasteiger partial charge in [-0.25, -0.2) is 0 Å². The van der Waals surface area contributed by atoms with Crippen LogP contribution < -0.4 is 10.4 Å². The topological polar surface area (TPSA) is 94.5 Å². The van der Waals surface area contributed by atoms with Crippen LogP contribution in [0.25, 0.3) is 0 Å². The van der Waals surface area contributed by atoms with E-state index in [0.717, 1.165) is 23.2 Å². The third-order valence-corrected chi connectivity index (χ3v) is 12.0. The summed E-state index contributed by atoms with van der Waals surface area (Å²) in [5.74, 6) is -0.910. The third-order valence-electron chi connectivity index (χ3n) is 6.87. The summed E-state index contributed by atoms with van der Waals surface area (Å²) >= 11 is 0. The number of esters is 1. The molecule has 0 aromatic heterocycles. The number of aliphatic hydroxyl groups excluding tert-OH is 2. The molecule has 0 radical (unpaired) electrons. The van der Waals surface area contributed by atoms with Crippen LogP contribution in [0.3, 0.4) is 0 Å². The van der Waals surface area contributed by atoms with Crippen molar-refractivity contribution in [3.63, 3.8) is 0 Å². The van der Waals surface area contributed by atoms with Crippen LogP contribution in [0.2, 0.25) is 5.04 Å². The maximum atomic E-state index is 12.5. The van der Waals surface area contributed by atoms with Crippen LogP contribution in [0.1, 0.15) is 40.5 Å². The van der Waals surface area contributed by atoms with Crippen molar-refractivity contribution in [2.75, 3.05) is 13.2 Å². The molecule has 1 fully saturated rings. The third kappa shape index (κ3) is 6.90. The summed E-state index contributed by atoms with van der Waals surface area (Å²) in [5.41, 5.74) is 0. The van der Waals surface area contributed by atoms with Crippen molar-refractivity contribution in [2.45, 2.75) is 76.1 Å². The molecular weight excluding hydrogens is 517 g/mol. The number of hydrogen-bond donors (Lipinski definition) is 2. The van der Waals surface area contributed by atoms with Gasteiger partial charge in [0.05, 0.1) is 0 Å². The molecule has 0 aliphatic carbocycles. The van der Waals surface area contributed by atoms with Gasteiger partial charge in [-0.05, 0) is 0 Å². The van der Waals surface area contributed by atoms with E-state index in [1.54, 1.807) is 6.52 Å². The van der Waals surface area contributed by atoms with Gasteiger partial charge >= 0.3 is 231 Å². The van der Waals surface area contributed by atoms with E-state index in [0.29, 0.717) is 6.61 Å². The van der Waals surface area contributed by atoms with Crippen LogP contribution in [-0.2, 0) is 23.3 Å². The second kappa shape index (κ2) is 14.1. The first kappa shape index (κ1) is 30.9. The fourth-order valence-corrected chi connectivity index (χ4v) is 9.61. The van der Waals surface area contributed by atoms with Crippen LogP contribution in [-0.4, -0.2) is 81.8 Å². The molecule has 0 bridgehead atoms. The van der Waals surface area contributed by atoms with E-state index < -0.39 is 44.8 Å². The van der Waals surface area contributed by atoms with Gasteiger partial charge in [-0.2, -0.15) is 0 Å². The first-order valence-electron chi connectivity index (χ1n) is 13.1. The van der Waals surface area contributed by atoms with Gasteiger partial charge in [0.15, 0.2) is 0 Å². The van der Waals surface area contributed by atoms with E-state index in [2.05, 4.69) is 61.1 Å². The average molecular weight is 556 g/mol. The summed E-state index contributed by atoms with van der Waals surface area (Å²) in [6.45, 7) is 10.7. The Bertz CT molecular complexity index is 999. The quantitative estimate of drug-likeness (QED) is 0.178. The number of ether oxygens (including phenoxy) is 2. The van der Waals surface area contributed by atoms with Gasteiger partial charge in [0, 0.05) is 0 Å². The van der Waals surface area contributed by atoms with Gasteiger partial charge in [0.1, 0.15) is 0 Å². The Morgan fingerprint density at radius 2 is 1.63 bits per heavy atom. The normalized spacial score (nSPS) is 22.9. The number of carbonyl (C=O) groups is 1. The van der Waals surface area contributed by atoms with Crippen LogP contribution in [0.15, 0.2) is 60.7 Å². The molecule has 1 saturated heterocycles. The molecule has 1 heterocycles. The Balaban J connectivity index is 2.05. The Hall–Kier alpha value is -1.67. The number of aliphatic hydroxyl groups is 2. The molecule has 0 saturated carbocycles. The van der Waals surface area contributed by atoms with Gasteiger partial charge in [0.25, 0.3) is 0 Å². The maximum absolute atomic E-state index is 12.5. The van der Waals surface area contributed by atoms with Crippen molar-refractivity contribution in [2.24, 2.45) is 0 Å². The van der Waals surface area contributed by atoms with E-state index in [1.165, 1.54) is 7.00 Å². The number of unbranched alkanes of at least 4 members (excludes halogenated alkanes) is 1. The molecule has 2 aromatic rings. The van der Waals surface area contributed by atoms with Gasteiger partial charge in [-0.1, -0.05) is 0 Å². The second-order valence-corrected chi connectivity index (χ2v) is 15.2. The molecule has 7 nitrogen and oxygen atoms in total. The zero-order valence-electron chi connectivity index (χ0n) is 22.7. The van der Waals surface area contributed by atoms with Gasteiger partial charge in [-0.15, -0.1) is 0 Å². The van der Waals surface area contributed by atoms with E-state index >= 15 is 0 Å². The fourth-order valence-electron chi connectivity index (χ4n) is 4.95. The molecule has 0 spiro atoms. The van der Waals surface area contributed by atoms with E-state index in [4.69, 9.17) is 18.6 Å². The second-order valence-electron chi connectivity index (χ2n) is 10.5. The van der Waals surface area contributed by atoms with Gasteiger partial charge in [0.2, 0.25) is 0 Å². The van der Waals surface area contributed by atoms with E-state index in [1.807, 2.05) is 36.4 Å². The van der Waals surface area contributed by atoms with Crippen LogP contribution in [0.5, 0.6) is 0 Å². The Labute approximate surface area is 230 Å². The number of rotatable bonds is 12. The number of hydrogen-bond acceptors (Lipinski definition) is 7. The minimum atomic E-state index is -2.91. The molecule has 1 aliphatic rings. The zero-order chi connectivity index (χ0) is 27.8. The minimum absolute atomic E-state index is 0.0994. The van der Waals surface area contributed by atoms with Crippen molar-refractivity contribution in [3.05, 3.63) is 60.7 Å². The molecule has 6 atom stereocenters. The summed E-state index contributed by atoms with van der Waals surface area (Å²) in [6.07, 6.45) is -4.22. The monoisotopic (exact) mass is 556 g/mol. The molecule has 2 N–H and O–H groups in total. The summed E-state index contributed by atoms with van der Waals surface area (Å²) in [7, 11) is 0.856. The number of carbonyl (C=O) groups excluding carboxylic acids is 1. The predicted molar refractivity (Wildman–Crippen MR) is 156 cm³/mol. The van der Waals surface area contributed by atoms with Gasteiger partial charge < -0.3 is 0 Å². The van der Waals surface area contributed by atoms with Crippen LogP contribution in [0.4, 0.5) is 0 Å². The van der Waals surface area contributed by atoms with Crippen molar-refractivity contribution in [1.82, 2.24) is 0 Å². The van der Waals surface area contributed by atoms with Crippen LogP contribution >= 0.6 is 9.12 Å². The molecule has 0 amide bonds. The first-order chi connectivity index (χ1) is 18.2. The molecule has 2 aromatic carbocycles. The standard InChI is InChI=1S/C27H39B2O7PSi/c1-5-6-17-33-21(24-25(36-28-29-37)22(30)23(31)26(32)35-24)18-34-38(27(2,3)4,19-13-9-7-10-14-19)20-15-11-8-12-16-20/h7-16,21-25,30-31H,5-6,17-18,37H2,1-4H3/t21-,22+,23?,24?,25-/m0/s1. The van der Waals surface area contributed by atoms with E-state index in [-0.39, 0.29) is 11.6 Å². The Kier molecular flexibility index (Phi) is 11.5. The molecule has 3 rings (SSSR count). The molecule has 38 heavy (non-hydrogen) atoms. The van der Waals surface area contributed by atoms with Crippen molar-refractivity contribution < 1.29 is 33.6 Å². The fraction of sp³-hybridized carbons (Fsp3) is 0.519. The first-order valence-corrected chi connectivity index (χ1v) is 15.7. The van der Waals surface area contributed by atoms with Crippen molar-refractivity contribution in [3.8, 4) is 0 Å². The number of benzene rings is 2. The summed E-state index contributed by atoms with van der Waals surface area (Å²) in [4.78, 5) is 12.5. The van der Waals surface area contributed by atoms with Crippen molar-refractivity contribution >= 4 is 47.3 Å². The summed E-state index contributed by atoms with van der Waals surface area (Å²) in [5, 5.41) is 22.9. The Morgan fingerprint density at radius 3 is 2.13 bits per heavy atom. The van der Waals surface area contributed by atoms with Crippen molar-refractivity contribution in [1.29, 1.82) is 0 Å². The molecule has 11 heteroatoms. The summed E-state index contributed by atoms with van der Waals surface area (Å²) < 4.78 is 24.7. The Morgan fingerprint density at radius 1 is 1.05 bits per heavy atom. The summed E-state index contributed by atoms with van der Waals surface area (Å²) in [6, 6.07) is 20.5. The SMILES string of the molecule is CCCCO[C@@H](CO[Si](c1ccccc1)(c1ccccc1)C(C)(C)C)C1OC(=O)C(O)[C@@H](O)[C@@H]1OB=BP. The number of cyclic esters (lactones) is 1. The zero-order valence-corrected chi connectivity index (χ0v) is 24.8. The molecule has 3 unspecified atom stereocenters. The van der Waals surface area contributed by atoms with Gasteiger partial charge in [-0.3, -0.25) is 0 Å². The molecule has 1 aliphatic heterocycles. The predicted octanol–water partition coefficient (Wildman–Crippen LogP) is 1.81.